The molecule has 4 heterocycles. The van der Waals surface area contributed by atoms with Gasteiger partial charge in [-0.1, -0.05) is 12.1 Å². The summed E-state index contributed by atoms with van der Waals surface area (Å²) in [5.74, 6) is 1.36. The number of rotatable bonds is 7. The number of hydrogen-bond acceptors (Lipinski definition) is 7. The van der Waals surface area contributed by atoms with Crippen LogP contribution in [0.25, 0.3) is 21.1 Å². The van der Waals surface area contributed by atoms with Gasteiger partial charge in [-0.25, -0.2) is 4.98 Å². The lowest BCUT2D eigenvalue weighted by atomic mass is 9.96. The van der Waals surface area contributed by atoms with Crippen LogP contribution in [0.15, 0.2) is 55.0 Å². The number of aromatic nitrogens is 4. The van der Waals surface area contributed by atoms with Crippen LogP contribution < -0.4 is 5.32 Å². The Labute approximate surface area is 221 Å². The summed E-state index contributed by atoms with van der Waals surface area (Å²) in [5, 5.41) is 20.9. The van der Waals surface area contributed by atoms with Gasteiger partial charge < -0.3 is 15.4 Å². The molecule has 1 saturated heterocycles. The summed E-state index contributed by atoms with van der Waals surface area (Å²) in [6, 6.07) is 14.7. The van der Waals surface area contributed by atoms with E-state index >= 15 is 0 Å². The number of amides is 1. The molecule has 1 aliphatic heterocycles. The van der Waals surface area contributed by atoms with E-state index in [0.717, 1.165) is 46.2 Å². The Morgan fingerprint density at radius 2 is 2.14 bits per heavy atom. The minimum absolute atomic E-state index is 0.00491. The molecule has 1 fully saturated rings. The van der Waals surface area contributed by atoms with Crippen LogP contribution >= 0.6 is 33.9 Å². The molecule has 0 aliphatic carbocycles. The monoisotopic (exact) mass is 600 g/mol. The van der Waals surface area contributed by atoms with Crippen molar-refractivity contribution in [3.8, 4) is 21.1 Å². The van der Waals surface area contributed by atoms with Crippen molar-refractivity contribution in [3.63, 3.8) is 0 Å². The van der Waals surface area contributed by atoms with E-state index in [-0.39, 0.29) is 24.5 Å². The van der Waals surface area contributed by atoms with Crippen LogP contribution in [0.5, 0.6) is 0 Å². The van der Waals surface area contributed by atoms with Crippen LogP contribution in [0.4, 0.5) is 5.82 Å². The normalized spacial score (nSPS) is 16.9. The summed E-state index contributed by atoms with van der Waals surface area (Å²) >= 11 is 3.96. The van der Waals surface area contributed by atoms with Crippen LogP contribution in [0, 0.1) is 9.49 Å². The number of aliphatic hydroxyl groups excluding tert-OH is 1. The van der Waals surface area contributed by atoms with Gasteiger partial charge in [0.15, 0.2) is 5.82 Å². The molecule has 4 aromatic rings. The van der Waals surface area contributed by atoms with E-state index in [9.17, 15) is 9.90 Å². The number of likely N-dealkylation sites (tertiary alicyclic amines) is 1. The van der Waals surface area contributed by atoms with Crippen molar-refractivity contribution in [2.45, 2.75) is 19.4 Å². The molecule has 1 amide bonds. The maximum atomic E-state index is 11.6. The van der Waals surface area contributed by atoms with Crippen molar-refractivity contribution in [2.75, 3.05) is 25.0 Å². The Bertz CT molecular complexity index is 1310. The van der Waals surface area contributed by atoms with Gasteiger partial charge in [-0.3, -0.25) is 9.69 Å². The summed E-state index contributed by atoms with van der Waals surface area (Å²) < 4.78 is 1.18. The molecule has 0 radical (unpaired) electrons. The number of H-pyrrole nitrogens is 1. The van der Waals surface area contributed by atoms with E-state index < -0.39 is 0 Å². The first-order valence-electron chi connectivity index (χ1n) is 11.4. The highest BCUT2D eigenvalue weighted by molar-refractivity contribution is 14.1. The molecule has 10 heteroatoms. The molecule has 1 aliphatic rings. The average molecular weight is 600 g/mol. The molecule has 180 valence electrons. The highest BCUT2D eigenvalue weighted by atomic mass is 127. The van der Waals surface area contributed by atoms with E-state index in [0.29, 0.717) is 5.82 Å². The highest BCUT2D eigenvalue weighted by Gasteiger charge is 2.33. The summed E-state index contributed by atoms with van der Waals surface area (Å²) in [5.41, 5.74) is 3.30. The van der Waals surface area contributed by atoms with E-state index in [4.69, 9.17) is 0 Å². The molecule has 5 rings (SSSR count). The second-order valence-electron chi connectivity index (χ2n) is 8.63. The maximum absolute atomic E-state index is 11.6. The van der Waals surface area contributed by atoms with Crippen LogP contribution in [0.2, 0.25) is 0 Å². The van der Waals surface area contributed by atoms with Gasteiger partial charge in [0, 0.05) is 34.7 Å². The number of pyridine rings is 1. The van der Waals surface area contributed by atoms with E-state index in [1.54, 1.807) is 23.9 Å². The Morgan fingerprint density at radius 1 is 1.31 bits per heavy atom. The molecule has 1 unspecified atom stereocenters. The second kappa shape index (κ2) is 10.5. The number of carbonyl (C=O) groups is 1. The van der Waals surface area contributed by atoms with Crippen LogP contribution in [0.3, 0.4) is 0 Å². The van der Waals surface area contributed by atoms with Crippen LogP contribution in [-0.4, -0.2) is 55.8 Å². The number of carbonyl (C=O) groups excluding carboxylic acids is 1. The van der Waals surface area contributed by atoms with Gasteiger partial charge in [-0.15, -0.1) is 21.5 Å². The minimum Gasteiger partial charge on any atom is -0.396 e. The lowest BCUT2D eigenvalue weighted by Gasteiger charge is -2.29. The number of aromatic amines is 1. The van der Waals surface area contributed by atoms with Gasteiger partial charge in [-0.2, -0.15) is 0 Å². The summed E-state index contributed by atoms with van der Waals surface area (Å²) in [6.45, 7) is 3.41. The number of hydrogen-bond donors (Lipinski definition) is 3. The third-order valence-corrected chi connectivity index (χ3v) is 8.09. The first kappa shape index (κ1) is 24.0. The molecular weight excluding hydrogens is 575 g/mol. The molecule has 1 aromatic carbocycles. The molecule has 3 aromatic heterocycles. The summed E-state index contributed by atoms with van der Waals surface area (Å²) in [4.78, 5) is 23.5. The van der Waals surface area contributed by atoms with Gasteiger partial charge in [0.1, 0.15) is 12.1 Å². The predicted octanol–water partition coefficient (Wildman–Crippen LogP) is 4.56. The second-order valence-corrected chi connectivity index (χ2v) is 10.9. The number of anilines is 1. The van der Waals surface area contributed by atoms with E-state index in [1.165, 1.54) is 16.1 Å². The molecule has 0 bridgehead atoms. The van der Waals surface area contributed by atoms with Crippen molar-refractivity contribution in [2.24, 2.45) is 5.92 Å². The molecule has 3 N–H and O–H groups in total. The summed E-state index contributed by atoms with van der Waals surface area (Å²) in [7, 11) is 0. The standard InChI is InChI=1S/C25H25IN6O2S/c1-15(34)30-22-10-18(6-8-27-22)21-11-20(24(35-21)25-28-14-29-31-25)23(17-2-4-19(26)5-3-17)32-9-7-16(12-32)13-33/h2-6,8,10-11,14,16,23,33H,7,9,12-13H2,1H3,(H,27,30,34)(H,28,29,31)/t16-,23?/m0/s1. The first-order chi connectivity index (χ1) is 17.0. The fraction of sp³-hybridized carbons (Fsp3) is 0.280. The number of nitrogens with zero attached hydrogens (tertiary/aromatic N) is 4. The van der Waals surface area contributed by atoms with Crippen molar-refractivity contribution in [3.05, 3.63) is 69.7 Å². The highest BCUT2D eigenvalue weighted by Crippen LogP contribution is 2.44. The third kappa shape index (κ3) is 5.30. The first-order valence-corrected chi connectivity index (χ1v) is 13.3. The number of aliphatic hydroxyl groups is 1. The minimum atomic E-state index is -0.157. The van der Waals surface area contributed by atoms with Gasteiger partial charge in [-0.05, 0) is 88.5 Å². The zero-order valence-corrected chi connectivity index (χ0v) is 22.1. The van der Waals surface area contributed by atoms with Crippen molar-refractivity contribution in [1.82, 2.24) is 25.1 Å². The van der Waals surface area contributed by atoms with E-state index in [2.05, 4.69) is 83.3 Å². The molecule has 0 saturated carbocycles. The van der Waals surface area contributed by atoms with Crippen LogP contribution in [-0.2, 0) is 4.79 Å². The summed E-state index contributed by atoms with van der Waals surface area (Å²) in [6.07, 6.45) is 4.27. The fourth-order valence-corrected chi connectivity index (χ4v) is 6.06. The van der Waals surface area contributed by atoms with E-state index in [1.807, 2.05) is 12.1 Å². The molecule has 2 atom stereocenters. The Morgan fingerprint density at radius 3 is 2.83 bits per heavy atom. The maximum Gasteiger partial charge on any atom is 0.222 e. The SMILES string of the molecule is CC(=O)Nc1cc(-c2cc(C(c3ccc(I)cc3)N3CC[C@H](CO)C3)c(-c3nnc[nH]3)s2)ccn1. The Kier molecular flexibility index (Phi) is 7.23. The van der Waals surface area contributed by atoms with Crippen molar-refractivity contribution < 1.29 is 9.90 Å². The lowest BCUT2D eigenvalue weighted by Crippen LogP contribution is -2.28. The van der Waals surface area contributed by atoms with Gasteiger partial charge >= 0.3 is 0 Å². The largest absolute Gasteiger partial charge is 0.396 e. The Balaban J connectivity index is 1.63. The Hall–Kier alpha value is -2.67. The number of nitrogens with one attached hydrogen (secondary N) is 2. The predicted molar refractivity (Wildman–Crippen MR) is 145 cm³/mol. The van der Waals surface area contributed by atoms with Crippen molar-refractivity contribution >= 4 is 45.7 Å². The van der Waals surface area contributed by atoms with Crippen LogP contribution in [0.1, 0.15) is 30.5 Å². The smallest absolute Gasteiger partial charge is 0.222 e. The zero-order valence-electron chi connectivity index (χ0n) is 19.1. The molecule has 8 nitrogen and oxygen atoms in total. The molecule has 0 spiro atoms. The number of halogens is 1. The number of benzene rings is 1. The van der Waals surface area contributed by atoms with Gasteiger partial charge in [0.05, 0.1) is 10.9 Å². The zero-order chi connectivity index (χ0) is 24.4. The number of thiophene rings is 1. The topological polar surface area (TPSA) is 107 Å². The quantitative estimate of drug-likeness (QED) is 0.269. The van der Waals surface area contributed by atoms with Gasteiger partial charge in [0.25, 0.3) is 0 Å². The molecule has 35 heavy (non-hydrogen) atoms. The third-order valence-electron chi connectivity index (χ3n) is 6.16. The van der Waals surface area contributed by atoms with Gasteiger partial charge in [0.2, 0.25) is 5.91 Å². The average Bonchev–Trinajstić information content (AvgIpc) is 3.61. The fourth-order valence-electron chi connectivity index (χ4n) is 4.56. The van der Waals surface area contributed by atoms with Crippen molar-refractivity contribution in [1.29, 1.82) is 0 Å². The lowest BCUT2D eigenvalue weighted by molar-refractivity contribution is -0.114. The molecular formula is C25H25IN6O2S.